The van der Waals surface area contributed by atoms with Gasteiger partial charge >= 0.3 is 12.1 Å². The lowest BCUT2D eigenvalue weighted by Crippen LogP contribution is -2.19. The van der Waals surface area contributed by atoms with Crippen LogP contribution in [0.25, 0.3) is 5.82 Å². The highest BCUT2D eigenvalue weighted by molar-refractivity contribution is 5.27. The number of rotatable bonds is 2. The topological polar surface area (TPSA) is 85.7 Å². The molecular weight excluding hydrogens is 243 g/mol. The van der Waals surface area contributed by atoms with Crippen LogP contribution in [-0.2, 0) is 0 Å². The van der Waals surface area contributed by atoms with E-state index in [1.54, 1.807) is 0 Å². The fourth-order valence-corrected chi connectivity index (χ4v) is 1.04. The summed E-state index contributed by atoms with van der Waals surface area (Å²) in [6.07, 6.45) is -3.96. The molecule has 0 fully saturated rings. The molecule has 1 N–H and O–H groups in total. The van der Waals surface area contributed by atoms with E-state index >= 15 is 0 Å². The number of halogens is 3. The second-order valence-electron chi connectivity index (χ2n) is 2.82. The third kappa shape index (κ3) is 2.59. The normalized spacial score (nSPS) is 11.5. The quantitative estimate of drug-likeness (QED) is 0.822. The van der Waals surface area contributed by atoms with Gasteiger partial charge in [-0.25, -0.2) is 14.9 Å². The van der Waals surface area contributed by atoms with Gasteiger partial charge in [-0.2, -0.15) is 0 Å². The van der Waals surface area contributed by atoms with Crippen LogP contribution in [0.15, 0.2) is 23.1 Å². The van der Waals surface area contributed by atoms with Crippen molar-refractivity contribution < 1.29 is 17.9 Å². The number of hydrogen-bond donors (Lipinski definition) is 1. The summed E-state index contributed by atoms with van der Waals surface area (Å²) in [7, 11) is 0. The number of aromatic nitrogens is 5. The van der Waals surface area contributed by atoms with E-state index in [9.17, 15) is 18.0 Å². The molecule has 90 valence electrons. The Balaban J connectivity index is 2.25. The van der Waals surface area contributed by atoms with E-state index in [1.165, 1.54) is 0 Å². The van der Waals surface area contributed by atoms with Crippen molar-refractivity contribution in [2.24, 2.45) is 0 Å². The molecule has 0 saturated carbocycles. The Kier molecular flexibility index (Phi) is 2.54. The predicted molar refractivity (Wildman–Crippen MR) is 46.5 cm³/mol. The van der Waals surface area contributed by atoms with E-state index < -0.39 is 17.8 Å². The molecule has 0 unspecified atom stereocenters. The first-order valence-corrected chi connectivity index (χ1v) is 4.18. The van der Waals surface area contributed by atoms with Crippen LogP contribution in [0.2, 0.25) is 0 Å². The standard InChI is InChI=1S/C7H4F3N5O2/c8-7(9,10)17-4-1-2-5(11-3-4)15-6(16)12-13-14-15/h1-3H,(H,12,14,16). The second kappa shape index (κ2) is 3.88. The van der Waals surface area contributed by atoms with Gasteiger partial charge in [-0.1, -0.05) is 0 Å². The molecule has 0 aliphatic carbocycles. The summed E-state index contributed by atoms with van der Waals surface area (Å²) in [6, 6.07) is 2.15. The molecule has 0 amide bonds. The lowest BCUT2D eigenvalue weighted by Gasteiger charge is -2.08. The van der Waals surface area contributed by atoms with Crippen molar-refractivity contribution in [3.63, 3.8) is 0 Å². The molecule has 2 heterocycles. The molecule has 0 saturated heterocycles. The van der Waals surface area contributed by atoms with E-state index in [-0.39, 0.29) is 5.82 Å². The maximum Gasteiger partial charge on any atom is 0.573 e. The van der Waals surface area contributed by atoms with Crippen LogP contribution < -0.4 is 10.4 Å². The first-order chi connectivity index (χ1) is 7.96. The van der Waals surface area contributed by atoms with Crippen molar-refractivity contribution in [2.75, 3.05) is 0 Å². The van der Waals surface area contributed by atoms with Crippen molar-refractivity contribution in [1.29, 1.82) is 0 Å². The van der Waals surface area contributed by atoms with Crippen LogP contribution >= 0.6 is 0 Å². The van der Waals surface area contributed by atoms with Gasteiger partial charge in [0.05, 0.1) is 6.20 Å². The predicted octanol–water partition coefficient (Wildman–Crippen LogP) is 0.249. The molecule has 0 aliphatic rings. The lowest BCUT2D eigenvalue weighted by atomic mass is 10.4. The highest BCUT2D eigenvalue weighted by atomic mass is 19.4. The zero-order valence-electron chi connectivity index (χ0n) is 7.97. The maximum absolute atomic E-state index is 11.8. The zero-order valence-corrected chi connectivity index (χ0v) is 7.97. The Morgan fingerprint density at radius 2 is 2.12 bits per heavy atom. The summed E-state index contributed by atoms with van der Waals surface area (Å²) in [5.41, 5.74) is -0.651. The van der Waals surface area contributed by atoms with E-state index in [0.29, 0.717) is 0 Å². The molecule has 2 aromatic heterocycles. The van der Waals surface area contributed by atoms with Gasteiger partial charge in [0.2, 0.25) is 0 Å². The summed E-state index contributed by atoms with van der Waals surface area (Å²) >= 11 is 0. The minimum atomic E-state index is -4.78. The third-order valence-corrected chi connectivity index (χ3v) is 1.64. The number of hydrogen-bond acceptors (Lipinski definition) is 5. The Morgan fingerprint density at radius 3 is 2.59 bits per heavy atom. The first-order valence-electron chi connectivity index (χ1n) is 4.18. The zero-order chi connectivity index (χ0) is 12.5. The van der Waals surface area contributed by atoms with Crippen molar-refractivity contribution in [3.8, 4) is 11.6 Å². The van der Waals surface area contributed by atoms with Crippen molar-refractivity contribution in [1.82, 2.24) is 25.2 Å². The van der Waals surface area contributed by atoms with Crippen LogP contribution in [0, 0.1) is 0 Å². The van der Waals surface area contributed by atoms with Crippen LogP contribution in [0.4, 0.5) is 13.2 Å². The molecule has 0 radical (unpaired) electrons. The van der Waals surface area contributed by atoms with Crippen LogP contribution in [-0.4, -0.2) is 31.6 Å². The molecule has 0 atom stereocenters. The monoisotopic (exact) mass is 247 g/mol. The van der Waals surface area contributed by atoms with Gasteiger partial charge < -0.3 is 4.74 Å². The lowest BCUT2D eigenvalue weighted by molar-refractivity contribution is -0.274. The summed E-state index contributed by atoms with van der Waals surface area (Å²) in [5, 5.41) is 8.58. The van der Waals surface area contributed by atoms with Crippen LogP contribution in [0.1, 0.15) is 0 Å². The van der Waals surface area contributed by atoms with Gasteiger partial charge in [0, 0.05) is 0 Å². The fourth-order valence-electron chi connectivity index (χ4n) is 1.04. The number of nitrogens with zero attached hydrogens (tertiary/aromatic N) is 4. The summed E-state index contributed by atoms with van der Waals surface area (Å²) in [6.45, 7) is 0. The third-order valence-electron chi connectivity index (χ3n) is 1.64. The highest BCUT2D eigenvalue weighted by Gasteiger charge is 2.31. The van der Waals surface area contributed by atoms with Crippen molar-refractivity contribution >= 4 is 0 Å². The molecule has 10 heteroatoms. The number of alkyl halides is 3. The summed E-state index contributed by atoms with van der Waals surface area (Å²) in [4.78, 5) is 14.6. The van der Waals surface area contributed by atoms with Crippen molar-refractivity contribution in [3.05, 3.63) is 28.8 Å². The van der Waals surface area contributed by atoms with Gasteiger partial charge in [-0.3, -0.25) is 0 Å². The molecule has 0 aromatic carbocycles. The largest absolute Gasteiger partial charge is 0.573 e. The SMILES string of the molecule is O=c1[nH]nnn1-c1ccc(OC(F)(F)F)cn1. The maximum atomic E-state index is 11.8. The Morgan fingerprint density at radius 1 is 1.35 bits per heavy atom. The Bertz CT molecular complexity index is 558. The Hall–Kier alpha value is -2.39. The molecule has 2 rings (SSSR count). The van der Waals surface area contributed by atoms with Crippen LogP contribution in [0.5, 0.6) is 5.75 Å². The number of tetrazole rings is 1. The number of aromatic amines is 1. The molecule has 0 aliphatic heterocycles. The fraction of sp³-hybridized carbons (Fsp3) is 0.143. The van der Waals surface area contributed by atoms with Crippen LogP contribution in [0.3, 0.4) is 0 Å². The molecule has 0 spiro atoms. The van der Waals surface area contributed by atoms with Gasteiger partial charge in [0.15, 0.2) is 5.82 Å². The number of ether oxygens (including phenoxy) is 1. The van der Waals surface area contributed by atoms with Gasteiger partial charge in [-0.05, 0) is 22.6 Å². The van der Waals surface area contributed by atoms with E-state index in [2.05, 4.69) is 20.1 Å². The minimum Gasteiger partial charge on any atom is -0.404 e. The van der Waals surface area contributed by atoms with Gasteiger partial charge in [0.25, 0.3) is 0 Å². The highest BCUT2D eigenvalue weighted by Crippen LogP contribution is 2.21. The minimum absolute atomic E-state index is 0.0262. The first kappa shape index (κ1) is 11.1. The van der Waals surface area contributed by atoms with E-state index in [0.717, 1.165) is 23.0 Å². The van der Waals surface area contributed by atoms with Gasteiger partial charge in [0.1, 0.15) is 5.75 Å². The van der Waals surface area contributed by atoms with E-state index in [1.807, 2.05) is 5.10 Å². The second-order valence-corrected chi connectivity index (χ2v) is 2.82. The van der Waals surface area contributed by atoms with Gasteiger partial charge in [-0.15, -0.1) is 17.9 Å². The molecule has 17 heavy (non-hydrogen) atoms. The average molecular weight is 247 g/mol. The molecular formula is C7H4F3N5O2. The molecule has 2 aromatic rings. The average Bonchev–Trinajstić information content (AvgIpc) is 2.63. The number of H-pyrrole nitrogens is 1. The number of nitrogens with one attached hydrogen (secondary N) is 1. The van der Waals surface area contributed by atoms with E-state index in [4.69, 9.17) is 0 Å². The van der Waals surface area contributed by atoms with Crippen molar-refractivity contribution in [2.45, 2.75) is 6.36 Å². The number of pyridine rings is 1. The Labute approximate surface area is 90.8 Å². The summed E-state index contributed by atoms with van der Waals surface area (Å²) in [5.74, 6) is -0.462. The molecule has 7 nitrogen and oxygen atoms in total. The molecule has 0 bridgehead atoms. The summed E-state index contributed by atoms with van der Waals surface area (Å²) < 4.78 is 39.9. The smallest absolute Gasteiger partial charge is 0.404 e.